The minimum absolute atomic E-state index is 0.371. The molecule has 0 aliphatic carbocycles. The van der Waals surface area contributed by atoms with E-state index in [9.17, 15) is 4.79 Å². The Hall–Kier alpha value is -1.35. The van der Waals surface area contributed by atoms with E-state index in [1.54, 1.807) is 12.1 Å². The molecule has 0 spiro atoms. The van der Waals surface area contributed by atoms with E-state index in [1.807, 2.05) is 13.0 Å². The molecule has 0 bridgehead atoms. The third kappa shape index (κ3) is 5.00. The summed E-state index contributed by atoms with van der Waals surface area (Å²) in [7, 11) is 0. The second kappa shape index (κ2) is 7.07. The van der Waals surface area contributed by atoms with Crippen LogP contribution in [-0.4, -0.2) is 17.6 Å². The Kier molecular flexibility index (Phi) is 5.70. The van der Waals surface area contributed by atoms with Gasteiger partial charge < -0.3 is 10.4 Å². The number of carboxylic acid groups (broad SMARTS) is 1. The van der Waals surface area contributed by atoms with E-state index in [0.29, 0.717) is 5.56 Å². The summed E-state index contributed by atoms with van der Waals surface area (Å²) >= 11 is 0. The van der Waals surface area contributed by atoms with E-state index in [-0.39, 0.29) is 0 Å². The molecule has 1 aromatic carbocycles. The molecule has 0 aliphatic rings. The molecule has 0 aliphatic heterocycles. The van der Waals surface area contributed by atoms with Gasteiger partial charge in [-0.05, 0) is 43.1 Å². The van der Waals surface area contributed by atoms with Crippen LogP contribution in [0.25, 0.3) is 0 Å². The molecule has 94 valence electrons. The molecular weight excluding hydrogens is 214 g/mol. The van der Waals surface area contributed by atoms with Crippen LogP contribution in [0.5, 0.6) is 0 Å². The molecule has 2 N–H and O–H groups in total. The number of rotatable bonds is 7. The first-order chi connectivity index (χ1) is 8.13. The standard InChI is InChI=1S/C14H21NO2/c1-3-4-5-6-15-10-12-7-11(2)8-13(9-12)14(16)17/h7-9,15H,3-6,10H2,1-2H3,(H,16,17). The summed E-state index contributed by atoms with van der Waals surface area (Å²) < 4.78 is 0. The largest absolute Gasteiger partial charge is 0.478 e. The highest BCUT2D eigenvalue weighted by Gasteiger charge is 2.04. The van der Waals surface area contributed by atoms with E-state index in [2.05, 4.69) is 12.2 Å². The van der Waals surface area contributed by atoms with Crippen LogP contribution in [0.3, 0.4) is 0 Å². The highest BCUT2D eigenvalue weighted by Crippen LogP contribution is 2.09. The second-order valence-corrected chi connectivity index (χ2v) is 4.40. The van der Waals surface area contributed by atoms with Crippen LogP contribution in [0.2, 0.25) is 0 Å². The van der Waals surface area contributed by atoms with Crippen molar-refractivity contribution in [2.75, 3.05) is 6.54 Å². The Bertz CT molecular complexity index is 374. The number of hydrogen-bond donors (Lipinski definition) is 2. The van der Waals surface area contributed by atoms with Crippen molar-refractivity contribution in [2.45, 2.75) is 39.7 Å². The first kappa shape index (κ1) is 13.7. The molecule has 0 amide bonds. The lowest BCUT2D eigenvalue weighted by atomic mass is 10.1. The van der Waals surface area contributed by atoms with Gasteiger partial charge in [0.05, 0.1) is 5.56 Å². The van der Waals surface area contributed by atoms with Gasteiger partial charge in [0.15, 0.2) is 0 Å². The van der Waals surface area contributed by atoms with Gasteiger partial charge in [0, 0.05) is 6.54 Å². The van der Waals surface area contributed by atoms with Crippen molar-refractivity contribution in [1.82, 2.24) is 5.32 Å². The van der Waals surface area contributed by atoms with Crippen molar-refractivity contribution in [3.05, 3.63) is 34.9 Å². The SMILES string of the molecule is CCCCCNCc1cc(C)cc(C(=O)O)c1. The van der Waals surface area contributed by atoms with E-state index in [0.717, 1.165) is 24.2 Å². The average Bonchev–Trinajstić information content (AvgIpc) is 2.28. The lowest BCUT2D eigenvalue weighted by Gasteiger charge is -2.07. The van der Waals surface area contributed by atoms with Gasteiger partial charge in [-0.2, -0.15) is 0 Å². The number of carboxylic acids is 1. The number of unbranched alkanes of at least 4 members (excludes halogenated alkanes) is 2. The number of hydrogen-bond acceptors (Lipinski definition) is 2. The maximum Gasteiger partial charge on any atom is 0.335 e. The maximum atomic E-state index is 10.9. The monoisotopic (exact) mass is 235 g/mol. The van der Waals surface area contributed by atoms with Gasteiger partial charge in [0.25, 0.3) is 0 Å². The minimum Gasteiger partial charge on any atom is -0.478 e. The predicted octanol–water partition coefficient (Wildman–Crippen LogP) is 2.97. The fraction of sp³-hybridized carbons (Fsp3) is 0.500. The summed E-state index contributed by atoms with van der Waals surface area (Å²) in [5.41, 5.74) is 2.41. The van der Waals surface area contributed by atoms with Crippen LogP contribution in [0.1, 0.15) is 47.7 Å². The number of nitrogens with one attached hydrogen (secondary N) is 1. The highest BCUT2D eigenvalue weighted by molar-refractivity contribution is 5.88. The number of benzene rings is 1. The first-order valence-corrected chi connectivity index (χ1v) is 6.18. The van der Waals surface area contributed by atoms with Crippen LogP contribution in [0.15, 0.2) is 18.2 Å². The van der Waals surface area contributed by atoms with Crippen molar-refractivity contribution in [2.24, 2.45) is 0 Å². The quantitative estimate of drug-likeness (QED) is 0.714. The molecule has 0 atom stereocenters. The second-order valence-electron chi connectivity index (χ2n) is 4.40. The molecule has 1 rings (SSSR count). The summed E-state index contributed by atoms with van der Waals surface area (Å²) in [4.78, 5) is 10.9. The zero-order chi connectivity index (χ0) is 12.7. The zero-order valence-corrected chi connectivity index (χ0v) is 10.6. The van der Waals surface area contributed by atoms with E-state index in [4.69, 9.17) is 5.11 Å². The van der Waals surface area contributed by atoms with Crippen molar-refractivity contribution in [1.29, 1.82) is 0 Å². The lowest BCUT2D eigenvalue weighted by Crippen LogP contribution is -2.15. The van der Waals surface area contributed by atoms with Crippen LogP contribution in [0.4, 0.5) is 0 Å². The average molecular weight is 235 g/mol. The third-order valence-electron chi connectivity index (χ3n) is 2.67. The van der Waals surface area contributed by atoms with Crippen molar-refractivity contribution >= 4 is 5.97 Å². The Labute approximate surface area is 103 Å². The smallest absolute Gasteiger partial charge is 0.335 e. The fourth-order valence-electron chi connectivity index (χ4n) is 1.82. The minimum atomic E-state index is -0.860. The van der Waals surface area contributed by atoms with Crippen molar-refractivity contribution < 1.29 is 9.90 Å². The van der Waals surface area contributed by atoms with E-state index < -0.39 is 5.97 Å². The van der Waals surface area contributed by atoms with Gasteiger partial charge in [-0.25, -0.2) is 4.79 Å². The Morgan fingerprint density at radius 1 is 1.29 bits per heavy atom. The van der Waals surface area contributed by atoms with Crippen LogP contribution in [0, 0.1) is 6.92 Å². The lowest BCUT2D eigenvalue weighted by molar-refractivity contribution is 0.0696. The first-order valence-electron chi connectivity index (χ1n) is 6.18. The molecule has 3 heteroatoms. The molecule has 3 nitrogen and oxygen atoms in total. The third-order valence-corrected chi connectivity index (χ3v) is 2.67. The fourth-order valence-corrected chi connectivity index (χ4v) is 1.82. The van der Waals surface area contributed by atoms with Crippen LogP contribution in [-0.2, 0) is 6.54 Å². The normalized spacial score (nSPS) is 10.5. The summed E-state index contributed by atoms with van der Waals surface area (Å²) in [6, 6.07) is 5.46. The van der Waals surface area contributed by atoms with Gasteiger partial charge in [-0.15, -0.1) is 0 Å². The Balaban J connectivity index is 2.50. The topological polar surface area (TPSA) is 49.3 Å². The van der Waals surface area contributed by atoms with Gasteiger partial charge in [0.1, 0.15) is 0 Å². The van der Waals surface area contributed by atoms with Gasteiger partial charge in [-0.1, -0.05) is 25.8 Å². The summed E-state index contributed by atoms with van der Waals surface area (Å²) in [6.45, 7) is 5.84. The molecule has 0 saturated heterocycles. The molecule has 0 unspecified atom stereocenters. The zero-order valence-electron chi connectivity index (χ0n) is 10.6. The molecule has 0 heterocycles. The summed E-state index contributed by atoms with van der Waals surface area (Å²) in [5.74, 6) is -0.860. The molecule has 0 aromatic heterocycles. The Morgan fingerprint density at radius 3 is 2.71 bits per heavy atom. The van der Waals surface area contributed by atoms with E-state index in [1.165, 1.54) is 19.3 Å². The predicted molar refractivity (Wildman–Crippen MR) is 69.4 cm³/mol. The summed E-state index contributed by atoms with van der Waals surface area (Å²) in [5, 5.41) is 12.3. The van der Waals surface area contributed by atoms with Crippen molar-refractivity contribution in [3.8, 4) is 0 Å². The number of aryl methyl sites for hydroxylation is 1. The maximum absolute atomic E-state index is 10.9. The molecule has 1 aromatic rings. The molecule has 17 heavy (non-hydrogen) atoms. The van der Waals surface area contributed by atoms with Gasteiger partial charge in [-0.3, -0.25) is 0 Å². The van der Waals surface area contributed by atoms with Crippen LogP contribution < -0.4 is 5.32 Å². The van der Waals surface area contributed by atoms with Gasteiger partial charge >= 0.3 is 5.97 Å². The van der Waals surface area contributed by atoms with Crippen LogP contribution >= 0.6 is 0 Å². The molecular formula is C14H21NO2. The molecule has 0 saturated carbocycles. The number of aromatic carboxylic acids is 1. The summed E-state index contributed by atoms with van der Waals surface area (Å²) in [6.07, 6.45) is 3.63. The molecule has 0 fully saturated rings. The number of carbonyl (C=O) groups is 1. The van der Waals surface area contributed by atoms with Gasteiger partial charge in [0.2, 0.25) is 0 Å². The van der Waals surface area contributed by atoms with E-state index >= 15 is 0 Å². The molecule has 0 radical (unpaired) electrons. The highest BCUT2D eigenvalue weighted by atomic mass is 16.4. The Morgan fingerprint density at radius 2 is 2.06 bits per heavy atom. The van der Waals surface area contributed by atoms with Crippen molar-refractivity contribution in [3.63, 3.8) is 0 Å².